The molecule has 0 bridgehead atoms. The van der Waals surface area contributed by atoms with Gasteiger partial charge in [-0.25, -0.2) is 4.39 Å². The third kappa shape index (κ3) is 7.02. The van der Waals surface area contributed by atoms with Gasteiger partial charge >= 0.3 is 6.61 Å². The number of ether oxygens (including phenoxy) is 1. The molecule has 0 radical (unpaired) electrons. The summed E-state index contributed by atoms with van der Waals surface area (Å²) in [6.45, 7) is -3.27. The molecule has 0 heterocycles. The molecule has 1 nitrogen and oxygen atoms in total. The fraction of sp³-hybridized carbons (Fsp3) is 0.680. The summed E-state index contributed by atoms with van der Waals surface area (Å²) in [6, 6.07) is 4.42. The van der Waals surface area contributed by atoms with E-state index in [1.54, 1.807) is 6.07 Å². The summed E-state index contributed by atoms with van der Waals surface area (Å²) in [5.74, 6) is 1.43. The van der Waals surface area contributed by atoms with Gasteiger partial charge in [-0.1, -0.05) is 31.1 Å². The number of alkyl halides is 3. The van der Waals surface area contributed by atoms with Crippen molar-refractivity contribution in [3.05, 3.63) is 41.7 Å². The van der Waals surface area contributed by atoms with Crippen LogP contribution in [-0.4, -0.2) is 13.3 Å². The zero-order chi connectivity index (χ0) is 21.3. The summed E-state index contributed by atoms with van der Waals surface area (Å²) in [6.07, 6.45) is 16.7. The molecule has 0 atom stereocenters. The van der Waals surface area contributed by atoms with E-state index in [1.165, 1.54) is 50.7 Å². The first-order valence-corrected chi connectivity index (χ1v) is 11.5. The molecule has 0 aliphatic heterocycles. The lowest BCUT2D eigenvalue weighted by Crippen LogP contribution is -2.17. The van der Waals surface area contributed by atoms with Crippen LogP contribution in [0.5, 0.6) is 5.75 Å². The number of halogens is 4. The predicted octanol–water partition coefficient (Wildman–Crippen LogP) is 8.20. The predicted molar refractivity (Wildman–Crippen MR) is 112 cm³/mol. The minimum absolute atomic E-state index is 0.262. The van der Waals surface area contributed by atoms with E-state index in [0.717, 1.165) is 43.1 Å². The second-order valence-corrected chi connectivity index (χ2v) is 9.05. The average Bonchev–Trinajstić information content (AvgIpc) is 2.75. The quantitative estimate of drug-likeness (QED) is 0.286. The highest BCUT2D eigenvalue weighted by Crippen LogP contribution is 2.40. The summed E-state index contributed by atoms with van der Waals surface area (Å²) < 4.78 is 55.0. The molecule has 2 aliphatic carbocycles. The third-order valence-corrected chi connectivity index (χ3v) is 7.05. The number of rotatable bonds is 9. The molecule has 1 aromatic carbocycles. The van der Waals surface area contributed by atoms with Crippen LogP contribution in [0.4, 0.5) is 17.6 Å². The first-order chi connectivity index (χ1) is 14.5. The van der Waals surface area contributed by atoms with Crippen LogP contribution in [0.15, 0.2) is 30.4 Å². The van der Waals surface area contributed by atoms with E-state index >= 15 is 0 Å². The fourth-order valence-corrected chi connectivity index (χ4v) is 5.24. The van der Waals surface area contributed by atoms with Gasteiger partial charge in [-0.2, -0.15) is 8.78 Å². The van der Waals surface area contributed by atoms with Gasteiger partial charge in [-0.15, -0.1) is 0 Å². The summed E-state index contributed by atoms with van der Waals surface area (Å²) >= 11 is 0. The number of allylic oxidation sites excluding steroid dienone is 2. The molecule has 0 spiro atoms. The van der Waals surface area contributed by atoms with E-state index in [4.69, 9.17) is 0 Å². The maximum atomic E-state index is 14.0. The molecule has 0 unspecified atom stereocenters. The largest absolute Gasteiger partial charge is 0.432 e. The molecular weight excluding hydrogens is 392 g/mol. The van der Waals surface area contributed by atoms with Crippen molar-refractivity contribution in [1.82, 2.24) is 0 Å². The highest BCUT2D eigenvalue weighted by molar-refractivity contribution is 5.31. The highest BCUT2D eigenvalue weighted by Gasteiger charge is 2.25. The van der Waals surface area contributed by atoms with Crippen molar-refractivity contribution in [3.8, 4) is 5.75 Å². The first-order valence-electron chi connectivity index (χ1n) is 11.5. The first kappa shape index (κ1) is 23.1. The zero-order valence-corrected chi connectivity index (χ0v) is 17.7. The van der Waals surface area contributed by atoms with Crippen molar-refractivity contribution >= 4 is 0 Å². The second-order valence-electron chi connectivity index (χ2n) is 9.05. The van der Waals surface area contributed by atoms with E-state index in [9.17, 15) is 17.6 Å². The molecular formula is C25H34F4O. The Bertz CT molecular complexity index is 659. The monoisotopic (exact) mass is 426 g/mol. The lowest BCUT2D eigenvalue weighted by Gasteiger charge is -2.31. The van der Waals surface area contributed by atoms with Gasteiger partial charge in [0.25, 0.3) is 0 Å². The van der Waals surface area contributed by atoms with E-state index in [0.29, 0.717) is 18.3 Å². The normalized spacial score (nSPS) is 27.6. The van der Waals surface area contributed by atoms with Gasteiger partial charge in [0.2, 0.25) is 0 Å². The zero-order valence-electron chi connectivity index (χ0n) is 17.7. The molecule has 2 aliphatic rings. The second kappa shape index (κ2) is 11.8. The standard InChI is InChI=1S/C25H34F4O/c26-16-2-1-3-18-4-6-19(7-5-18)8-9-20-10-12-21(13-11-20)22-14-15-24(23(27)17-22)30-25(28)29/h1,3,14-15,17-21,25H,2,4-13,16H2/t18-,19-,20-,21-. The van der Waals surface area contributed by atoms with Gasteiger partial charge < -0.3 is 4.74 Å². The molecule has 1 aromatic rings. The van der Waals surface area contributed by atoms with Crippen LogP contribution in [-0.2, 0) is 0 Å². The molecule has 0 saturated heterocycles. The molecule has 0 amide bonds. The van der Waals surface area contributed by atoms with Crippen molar-refractivity contribution in [3.63, 3.8) is 0 Å². The molecule has 5 heteroatoms. The Labute approximate surface area is 177 Å². The Morgan fingerprint density at radius 1 is 0.933 bits per heavy atom. The molecule has 0 aromatic heterocycles. The van der Waals surface area contributed by atoms with Crippen LogP contribution in [0.3, 0.4) is 0 Å². The lowest BCUT2D eigenvalue weighted by atomic mass is 9.74. The average molecular weight is 427 g/mol. The molecule has 0 N–H and O–H groups in total. The summed E-state index contributed by atoms with van der Waals surface area (Å²) in [4.78, 5) is 0. The topological polar surface area (TPSA) is 9.23 Å². The van der Waals surface area contributed by atoms with Crippen molar-refractivity contribution in [2.45, 2.75) is 83.2 Å². The Morgan fingerprint density at radius 3 is 2.13 bits per heavy atom. The molecule has 2 saturated carbocycles. The van der Waals surface area contributed by atoms with E-state index in [-0.39, 0.29) is 12.4 Å². The highest BCUT2D eigenvalue weighted by atomic mass is 19.3. The maximum Gasteiger partial charge on any atom is 0.387 e. The van der Waals surface area contributed by atoms with Gasteiger partial charge in [0.05, 0.1) is 6.67 Å². The Morgan fingerprint density at radius 2 is 1.57 bits per heavy atom. The van der Waals surface area contributed by atoms with Gasteiger partial charge in [0, 0.05) is 0 Å². The molecule has 30 heavy (non-hydrogen) atoms. The van der Waals surface area contributed by atoms with Crippen LogP contribution in [0.1, 0.15) is 82.1 Å². The van der Waals surface area contributed by atoms with Gasteiger partial charge in [-0.05, 0) is 99.2 Å². The van der Waals surface area contributed by atoms with E-state index < -0.39 is 12.4 Å². The SMILES string of the molecule is FCCC=C[C@H]1CC[C@H](CC[C@H]2CC[C@H](c3ccc(OC(F)F)c(F)c3)CC2)CC1. The minimum atomic E-state index is -3.01. The Balaban J connectivity index is 1.37. The van der Waals surface area contributed by atoms with Gasteiger partial charge in [-0.3, -0.25) is 4.39 Å². The number of hydrogen-bond donors (Lipinski definition) is 0. The summed E-state index contributed by atoms with van der Waals surface area (Å²) in [5.41, 5.74) is 0.895. The molecule has 168 valence electrons. The fourth-order valence-electron chi connectivity index (χ4n) is 5.24. The molecule has 2 fully saturated rings. The minimum Gasteiger partial charge on any atom is -0.432 e. The van der Waals surface area contributed by atoms with Crippen molar-refractivity contribution in [2.75, 3.05) is 6.67 Å². The lowest BCUT2D eigenvalue weighted by molar-refractivity contribution is -0.0522. The van der Waals surface area contributed by atoms with Crippen LogP contribution in [0.25, 0.3) is 0 Å². The van der Waals surface area contributed by atoms with Crippen LogP contribution < -0.4 is 4.74 Å². The third-order valence-electron chi connectivity index (χ3n) is 7.05. The number of hydrogen-bond acceptors (Lipinski definition) is 1. The summed E-state index contributed by atoms with van der Waals surface area (Å²) in [5, 5.41) is 0. The smallest absolute Gasteiger partial charge is 0.387 e. The van der Waals surface area contributed by atoms with Crippen molar-refractivity contribution in [1.29, 1.82) is 0 Å². The maximum absolute atomic E-state index is 14.0. The van der Waals surface area contributed by atoms with Gasteiger partial charge in [0.15, 0.2) is 11.6 Å². The molecule has 3 rings (SSSR count). The van der Waals surface area contributed by atoms with E-state index in [1.807, 2.05) is 6.08 Å². The summed E-state index contributed by atoms with van der Waals surface area (Å²) in [7, 11) is 0. The Kier molecular flexibility index (Phi) is 9.07. The van der Waals surface area contributed by atoms with Crippen LogP contribution >= 0.6 is 0 Å². The van der Waals surface area contributed by atoms with E-state index in [2.05, 4.69) is 10.8 Å². The van der Waals surface area contributed by atoms with Crippen LogP contribution in [0.2, 0.25) is 0 Å². The van der Waals surface area contributed by atoms with Crippen molar-refractivity contribution in [2.24, 2.45) is 17.8 Å². The van der Waals surface area contributed by atoms with Gasteiger partial charge in [0.1, 0.15) is 0 Å². The Hall–Kier alpha value is -1.52. The number of benzene rings is 1. The van der Waals surface area contributed by atoms with Crippen LogP contribution in [0, 0.1) is 23.6 Å². The van der Waals surface area contributed by atoms with Crippen molar-refractivity contribution < 1.29 is 22.3 Å².